The molecule has 0 bridgehead atoms. The molecule has 3 aromatic rings. The van der Waals surface area contributed by atoms with Crippen molar-refractivity contribution in [1.29, 1.82) is 0 Å². The maximum Gasteiger partial charge on any atom is 0.257 e. The first-order chi connectivity index (χ1) is 11.7. The third kappa shape index (κ3) is 3.71. The van der Waals surface area contributed by atoms with Crippen LogP contribution in [0.25, 0.3) is 0 Å². The number of nitrogens with one attached hydrogen (secondary N) is 1. The van der Waals surface area contributed by atoms with Crippen LogP contribution in [0.5, 0.6) is 5.75 Å². The standard InChI is InChI=1S/C14H15N7O2S/c1-3-21-12(17-19-20-21)8-23-11-6-4-10(5-7-11)13(22)15-14-18-16-9(2)24-14/h4-7H,3,8H2,1-2H3,(H,15,18,22). The summed E-state index contributed by atoms with van der Waals surface area (Å²) < 4.78 is 7.29. The number of rotatable bonds is 6. The van der Waals surface area contributed by atoms with E-state index in [1.54, 1.807) is 28.9 Å². The molecule has 0 aliphatic carbocycles. The van der Waals surface area contributed by atoms with Crippen LogP contribution in [-0.4, -0.2) is 36.3 Å². The Morgan fingerprint density at radius 1 is 1.25 bits per heavy atom. The minimum absolute atomic E-state index is 0.243. The molecule has 124 valence electrons. The predicted molar refractivity (Wildman–Crippen MR) is 86.9 cm³/mol. The van der Waals surface area contributed by atoms with Crippen LogP contribution in [0, 0.1) is 6.92 Å². The van der Waals surface area contributed by atoms with Crippen LogP contribution in [0.1, 0.15) is 28.1 Å². The van der Waals surface area contributed by atoms with Gasteiger partial charge in [-0.1, -0.05) is 11.3 Å². The third-order valence-electron chi connectivity index (χ3n) is 3.14. The fraction of sp³-hybridized carbons (Fsp3) is 0.286. The van der Waals surface area contributed by atoms with Crippen LogP contribution in [0.2, 0.25) is 0 Å². The van der Waals surface area contributed by atoms with Crippen LogP contribution >= 0.6 is 11.3 Å². The largest absolute Gasteiger partial charge is 0.486 e. The number of carbonyl (C=O) groups excluding carboxylic acids is 1. The van der Waals surface area contributed by atoms with Gasteiger partial charge in [0.1, 0.15) is 17.4 Å². The third-order valence-corrected chi connectivity index (χ3v) is 3.89. The second-order valence-electron chi connectivity index (χ2n) is 4.80. The molecule has 3 rings (SSSR count). The van der Waals surface area contributed by atoms with Crippen LogP contribution in [-0.2, 0) is 13.2 Å². The van der Waals surface area contributed by atoms with Crippen molar-refractivity contribution in [3.8, 4) is 5.75 Å². The number of aryl methyl sites for hydroxylation is 2. The first-order valence-corrected chi connectivity index (χ1v) is 8.06. The van der Waals surface area contributed by atoms with E-state index in [0.29, 0.717) is 28.8 Å². The average molecular weight is 345 g/mol. The number of ether oxygens (including phenoxy) is 1. The smallest absolute Gasteiger partial charge is 0.257 e. The average Bonchev–Trinajstić information content (AvgIpc) is 3.21. The van der Waals surface area contributed by atoms with E-state index in [2.05, 4.69) is 31.0 Å². The molecule has 1 amide bonds. The molecule has 0 spiro atoms. The molecule has 0 saturated heterocycles. The number of anilines is 1. The number of carbonyl (C=O) groups is 1. The summed E-state index contributed by atoms with van der Waals surface area (Å²) in [6, 6.07) is 6.81. The van der Waals surface area contributed by atoms with Crippen molar-refractivity contribution in [3.63, 3.8) is 0 Å². The van der Waals surface area contributed by atoms with Gasteiger partial charge in [0.2, 0.25) is 5.13 Å². The number of tetrazole rings is 1. The minimum atomic E-state index is -0.243. The van der Waals surface area contributed by atoms with E-state index in [1.807, 2.05) is 13.8 Å². The summed E-state index contributed by atoms with van der Waals surface area (Å²) in [7, 11) is 0. The highest BCUT2D eigenvalue weighted by atomic mass is 32.1. The molecule has 2 heterocycles. The van der Waals surface area contributed by atoms with Gasteiger partial charge >= 0.3 is 0 Å². The van der Waals surface area contributed by atoms with Crippen molar-refractivity contribution < 1.29 is 9.53 Å². The lowest BCUT2D eigenvalue weighted by Gasteiger charge is -2.06. The maximum atomic E-state index is 12.1. The van der Waals surface area contributed by atoms with Gasteiger partial charge in [-0.25, -0.2) is 4.68 Å². The van der Waals surface area contributed by atoms with Gasteiger partial charge < -0.3 is 4.74 Å². The van der Waals surface area contributed by atoms with E-state index in [9.17, 15) is 4.79 Å². The Bertz CT molecular complexity index is 828. The Balaban J connectivity index is 1.59. The number of aromatic nitrogens is 6. The van der Waals surface area contributed by atoms with Crippen molar-refractivity contribution in [1.82, 2.24) is 30.4 Å². The molecule has 1 N–H and O–H groups in total. The normalized spacial score (nSPS) is 10.6. The van der Waals surface area contributed by atoms with Crippen LogP contribution in [0.15, 0.2) is 24.3 Å². The van der Waals surface area contributed by atoms with Gasteiger partial charge in [-0.2, -0.15) is 0 Å². The van der Waals surface area contributed by atoms with Crippen molar-refractivity contribution in [2.24, 2.45) is 0 Å². The van der Waals surface area contributed by atoms with E-state index in [4.69, 9.17) is 4.74 Å². The van der Waals surface area contributed by atoms with Gasteiger partial charge in [0, 0.05) is 12.1 Å². The number of hydrogen-bond donors (Lipinski definition) is 1. The fourth-order valence-corrected chi connectivity index (χ4v) is 2.53. The number of benzene rings is 1. The van der Waals surface area contributed by atoms with Crippen molar-refractivity contribution >= 4 is 22.4 Å². The molecule has 2 aromatic heterocycles. The molecule has 0 atom stereocenters. The topological polar surface area (TPSA) is 108 Å². The molecule has 9 nitrogen and oxygen atoms in total. The molecule has 0 radical (unpaired) electrons. The highest BCUT2D eigenvalue weighted by Crippen LogP contribution is 2.17. The van der Waals surface area contributed by atoms with Crippen LogP contribution in [0.3, 0.4) is 0 Å². The molecule has 0 unspecified atom stereocenters. The highest BCUT2D eigenvalue weighted by Gasteiger charge is 2.10. The monoisotopic (exact) mass is 345 g/mol. The molecular weight excluding hydrogens is 330 g/mol. The van der Waals surface area contributed by atoms with E-state index in [1.165, 1.54) is 11.3 Å². The maximum absolute atomic E-state index is 12.1. The van der Waals surface area contributed by atoms with Gasteiger partial charge in [0.25, 0.3) is 5.91 Å². The first-order valence-electron chi connectivity index (χ1n) is 7.25. The molecule has 10 heteroatoms. The fourth-order valence-electron chi connectivity index (χ4n) is 1.94. The molecule has 24 heavy (non-hydrogen) atoms. The van der Waals surface area contributed by atoms with Crippen molar-refractivity contribution in [2.45, 2.75) is 27.0 Å². The summed E-state index contributed by atoms with van der Waals surface area (Å²) >= 11 is 1.32. The van der Waals surface area contributed by atoms with E-state index in [0.717, 1.165) is 5.01 Å². The minimum Gasteiger partial charge on any atom is -0.486 e. The second-order valence-corrected chi connectivity index (χ2v) is 5.99. The lowest BCUT2D eigenvalue weighted by molar-refractivity contribution is 0.102. The lowest BCUT2D eigenvalue weighted by atomic mass is 10.2. The van der Waals surface area contributed by atoms with Gasteiger partial charge in [-0.05, 0) is 48.5 Å². The van der Waals surface area contributed by atoms with E-state index in [-0.39, 0.29) is 12.5 Å². The highest BCUT2D eigenvalue weighted by molar-refractivity contribution is 7.15. The van der Waals surface area contributed by atoms with E-state index >= 15 is 0 Å². The number of nitrogens with zero attached hydrogens (tertiary/aromatic N) is 6. The Kier molecular flexibility index (Phi) is 4.75. The van der Waals surface area contributed by atoms with Crippen molar-refractivity contribution in [3.05, 3.63) is 40.7 Å². The summed E-state index contributed by atoms with van der Waals surface area (Å²) in [6.45, 7) is 4.72. The summed E-state index contributed by atoms with van der Waals surface area (Å²) in [4.78, 5) is 12.1. The summed E-state index contributed by atoms with van der Waals surface area (Å²) in [5.41, 5.74) is 0.508. The lowest BCUT2D eigenvalue weighted by Crippen LogP contribution is -2.11. The predicted octanol–water partition coefficient (Wildman–Crippen LogP) is 1.68. The summed E-state index contributed by atoms with van der Waals surface area (Å²) in [5, 5.41) is 23.0. The Labute approximate surface area is 141 Å². The second kappa shape index (κ2) is 7.13. The van der Waals surface area contributed by atoms with Crippen LogP contribution in [0.4, 0.5) is 5.13 Å². The first kappa shape index (κ1) is 16.0. The Morgan fingerprint density at radius 2 is 2.04 bits per heavy atom. The zero-order valence-corrected chi connectivity index (χ0v) is 13.9. The molecular formula is C14H15N7O2S. The van der Waals surface area contributed by atoms with Crippen LogP contribution < -0.4 is 10.1 Å². The zero-order chi connectivity index (χ0) is 16.9. The van der Waals surface area contributed by atoms with Gasteiger partial charge in [-0.15, -0.1) is 15.3 Å². The number of amides is 1. The van der Waals surface area contributed by atoms with Crippen molar-refractivity contribution in [2.75, 3.05) is 5.32 Å². The number of hydrogen-bond acceptors (Lipinski definition) is 8. The van der Waals surface area contributed by atoms with E-state index < -0.39 is 0 Å². The molecule has 0 fully saturated rings. The summed E-state index contributed by atoms with van der Waals surface area (Å²) in [5.74, 6) is 1.03. The molecule has 1 aromatic carbocycles. The van der Waals surface area contributed by atoms with Gasteiger partial charge in [0.15, 0.2) is 5.82 Å². The molecule has 0 aliphatic rings. The summed E-state index contributed by atoms with van der Waals surface area (Å²) in [6.07, 6.45) is 0. The Hall–Kier alpha value is -2.88. The zero-order valence-electron chi connectivity index (χ0n) is 13.1. The quantitative estimate of drug-likeness (QED) is 0.724. The Morgan fingerprint density at radius 3 is 2.71 bits per heavy atom. The molecule has 0 aliphatic heterocycles. The SMILES string of the molecule is CCn1nnnc1COc1ccc(C(=O)Nc2nnc(C)s2)cc1. The molecule has 0 saturated carbocycles. The van der Waals surface area contributed by atoms with Gasteiger partial charge in [-0.3, -0.25) is 10.1 Å². The van der Waals surface area contributed by atoms with Gasteiger partial charge in [0.05, 0.1) is 0 Å².